The van der Waals surface area contributed by atoms with Gasteiger partial charge in [0.05, 0.1) is 10.8 Å². The Bertz CT molecular complexity index is 716. The Labute approximate surface area is 165 Å². The highest BCUT2D eigenvalue weighted by Crippen LogP contribution is 2.46. The summed E-state index contributed by atoms with van der Waals surface area (Å²) in [6.45, 7) is 12.3. The van der Waals surface area contributed by atoms with Crippen molar-refractivity contribution >= 4 is 15.9 Å². The zero-order valence-corrected chi connectivity index (χ0v) is 18.4. The van der Waals surface area contributed by atoms with Gasteiger partial charge in [-0.25, -0.2) is 13.1 Å². The van der Waals surface area contributed by atoms with Gasteiger partial charge in [0, 0.05) is 13.0 Å². The van der Waals surface area contributed by atoms with E-state index in [9.17, 15) is 13.2 Å². The number of fused-ring (bicyclic) bond motifs is 1. The predicted octanol–water partition coefficient (Wildman–Crippen LogP) is 3.54. The van der Waals surface area contributed by atoms with Crippen LogP contribution in [0.4, 0.5) is 0 Å². The monoisotopic (exact) mass is 396 g/mol. The van der Waals surface area contributed by atoms with Gasteiger partial charge in [-0.3, -0.25) is 4.79 Å². The molecule has 2 N–H and O–H groups in total. The Morgan fingerprint density at radius 2 is 1.74 bits per heavy atom. The lowest BCUT2D eigenvalue weighted by molar-refractivity contribution is -0.121. The predicted molar refractivity (Wildman–Crippen MR) is 111 cm³/mol. The fraction of sp³-hybridized carbons (Fsp3) is 0.762. The largest absolute Gasteiger partial charge is 0.350 e. The highest BCUT2D eigenvalue weighted by Gasteiger charge is 2.37. The summed E-state index contributed by atoms with van der Waals surface area (Å²) in [5.74, 6) is 1.83. The van der Waals surface area contributed by atoms with Crippen LogP contribution >= 0.6 is 0 Å². The summed E-state index contributed by atoms with van der Waals surface area (Å²) in [4.78, 5) is 12.2. The maximum Gasteiger partial charge on any atom is 0.220 e. The molecule has 5 nitrogen and oxygen atoms in total. The minimum atomic E-state index is -3.31. The van der Waals surface area contributed by atoms with Crippen molar-refractivity contribution < 1.29 is 13.2 Å². The lowest BCUT2D eigenvalue weighted by Gasteiger charge is -2.22. The van der Waals surface area contributed by atoms with E-state index in [0.29, 0.717) is 43.6 Å². The second kappa shape index (κ2) is 8.48. The van der Waals surface area contributed by atoms with Crippen molar-refractivity contribution in [2.24, 2.45) is 17.8 Å². The fourth-order valence-corrected chi connectivity index (χ4v) is 4.67. The third-order valence-electron chi connectivity index (χ3n) is 6.14. The summed E-state index contributed by atoms with van der Waals surface area (Å²) in [6.07, 6.45) is 7.16. The molecule has 0 aliphatic heterocycles. The number of unbranched alkanes of at least 4 members (excludes halogenated alkanes) is 1. The number of allylic oxidation sites excluding steroid dienone is 2. The van der Waals surface area contributed by atoms with E-state index in [2.05, 4.69) is 43.0 Å². The maximum absolute atomic E-state index is 12.2. The molecular formula is C21H36N2O3S. The van der Waals surface area contributed by atoms with Gasteiger partial charge in [-0.05, 0) is 68.9 Å². The molecule has 0 aromatic heterocycles. The molecule has 1 amide bonds. The number of nitrogens with one attached hydrogen (secondary N) is 2. The molecule has 1 saturated carbocycles. The molecule has 2 aliphatic carbocycles. The van der Waals surface area contributed by atoms with Crippen LogP contribution in [0.15, 0.2) is 23.3 Å². The van der Waals surface area contributed by atoms with E-state index in [-0.39, 0.29) is 11.9 Å². The summed E-state index contributed by atoms with van der Waals surface area (Å²) < 4.78 is 25.8. The first-order chi connectivity index (χ1) is 12.4. The Morgan fingerprint density at radius 3 is 2.37 bits per heavy atom. The minimum absolute atomic E-state index is 0.0409. The van der Waals surface area contributed by atoms with Crippen LogP contribution in [-0.4, -0.2) is 31.7 Å². The molecule has 4 atom stereocenters. The third kappa shape index (κ3) is 5.23. The van der Waals surface area contributed by atoms with Crippen molar-refractivity contribution in [3.63, 3.8) is 0 Å². The first kappa shape index (κ1) is 22.2. The lowest BCUT2D eigenvalue weighted by atomic mass is 9.91. The van der Waals surface area contributed by atoms with Gasteiger partial charge in [0.1, 0.15) is 0 Å². The standard InChI is InChI=1S/C21H36N2O3S/c1-14-15(2)18-11-10-17(13-19(18)16(14)3)23-20(24)9-7-8-12-22-27(25,26)21(4,5)6/h11,13-17,22H,7-10,12H2,1-6H3,(H,23,24)/t14?,15?,16?,17-/m1/s1. The molecule has 27 heavy (non-hydrogen) atoms. The van der Waals surface area contributed by atoms with Crippen molar-refractivity contribution in [2.75, 3.05) is 6.54 Å². The number of carbonyl (C=O) groups excluding carboxylic acids is 1. The molecule has 6 heteroatoms. The Kier molecular flexibility index (Phi) is 6.96. The van der Waals surface area contributed by atoms with Gasteiger partial charge in [-0.15, -0.1) is 0 Å². The van der Waals surface area contributed by atoms with Gasteiger partial charge < -0.3 is 5.32 Å². The molecular weight excluding hydrogens is 360 g/mol. The normalized spacial score (nSPS) is 28.4. The van der Waals surface area contributed by atoms with Crippen LogP contribution in [0, 0.1) is 17.8 Å². The SMILES string of the molecule is CC1C2=CC[C@@H](NC(=O)CCCCNS(=O)(=O)C(C)(C)C)C=C2C(C)C1C. The van der Waals surface area contributed by atoms with Crippen molar-refractivity contribution in [3.05, 3.63) is 23.3 Å². The van der Waals surface area contributed by atoms with E-state index in [0.717, 1.165) is 6.42 Å². The number of sulfonamides is 1. The topological polar surface area (TPSA) is 75.3 Å². The highest BCUT2D eigenvalue weighted by atomic mass is 32.2. The summed E-state index contributed by atoms with van der Waals surface area (Å²) in [7, 11) is -3.31. The van der Waals surface area contributed by atoms with E-state index in [1.807, 2.05) is 0 Å². The Morgan fingerprint density at radius 1 is 1.11 bits per heavy atom. The fourth-order valence-electron chi connectivity index (χ4n) is 3.83. The van der Waals surface area contributed by atoms with Crippen LogP contribution in [0.5, 0.6) is 0 Å². The number of rotatable bonds is 7. The van der Waals surface area contributed by atoms with E-state index in [1.54, 1.807) is 20.8 Å². The zero-order valence-electron chi connectivity index (χ0n) is 17.6. The molecule has 0 heterocycles. The van der Waals surface area contributed by atoms with Crippen LogP contribution in [0.1, 0.15) is 67.2 Å². The first-order valence-electron chi connectivity index (χ1n) is 10.1. The summed E-state index contributed by atoms with van der Waals surface area (Å²) >= 11 is 0. The number of hydrogen-bond donors (Lipinski definition) is 2. The second-order valence-corrected chi connectivity index (χ2v) is 11.6. The van der Waals surface area contributed by atoms with Gasteiger partial charge in [0.25, 0.3) is 0 Å². The molecule has 0 aromatic rings. The van der Waals surface area contributed by atoms with Crippen molar-refractivity contribution in [3.8, 4) is 0 Å². The van der Waals surface area contributed by atoms with Crippen LogP contribution in [-0.2, 0) is 14.8 Å². The molecule has 0 spiro atoms. The molecule has 154 valence electrons. The Balaban J connectivity index is 1.73. The second-order valence-electron chi connectivity index (χ2n) is 9.09. The lowest BCUT2D eigenvalue weighted by Crippen LogP contribution is -2.39. The zero-order chi connectivity index (χ0) is 20.4. The molecule has 0 bridgehead atoms. The average molecular weight is 397 g/mol. The minimum Gasteiger partial charge on any atom is -0.350 e. The first-order valence-corrected chi connectivity index (χ1v) is 11.6. The number of amides is 1. The molecule has 2 aliphatic rings. The van der Waals surface area contributed by atoms with Gasteiger partial charge >= 0.3 is 0 Å². The maximum atomic E-state index is 12.2. The third-order valence-corrected chi connectivity index (χ3v) is 8.34. The van der Waals surface area contributed by atoms with Crippen LogP contribution < -0.4 is 10.0 Å². The van der Waals surface area contributed by atoms with Crippen molar-refractivity contribution in [1.82, 2.24) is 10.0 Å². The van der Waals surface area contributed by atoms with Gasteiger partial charge in [-0.1, -0.05) is 32.9 Å². The summed E-state index contributed by atoms with van der Waals surface area (Å²) in [5, 5.41) is 3.11. The van der Waals surface area contributed by atoms with E-state index >= 15 is 0 Å². The number of hydrogen-bond acceptors (Lipinski definition) is 3. The summed E-state index contributed by atoms with van der Waals surface area (Å²) in [6, 6.07) is 0.0793. The molecule has 0 saturated heterocycles. The smallest absolute Gasteiger partial charge is 0.220 e. The van der Waals surface area contributed by atoms with Crippen molar-refractivity contribution in [2.45, 2.75) is 78.0 Å². The Hall–Kier alpha value is -1.14. The highest BCUT2D eigenvalue weighted by molar-refractivity contribution is 7.90. The van der Waals surface area contributed by atoms with Gasteiger partial charge in [0.15, 0.2) is 0 Å². The van der Waals surface area contributed by atoms with E-state index < -0.39 is 14.8 Å². The quantitative estimate of drug-likeness (QED) is 0.646. The van der Waals surface area contributed by atoms with Crippen LogP contribution in [0.3, 0.4) is 0 Å². The molecule has 0 aromatic carbocycles. The van der Waals surface area contributed by atoms with Crippen LogP contribution in [0.2, 0.25) is 0 Å². The van der Waals surface area contributed by atoms with Crippen LogP contribution in [0.25, 0.3) is 0 Å². The van der Waals surface area contributed by atoms with E-state index in [1.165, 1.54) is 11.1 Å². The number of carbonyl (C=O) groups is 1. The van der Waals surface area contributed by atoms with Gasteiger partial charge in [-0.2, -0.15) is 0 Å². The van der Waals surface area contributed by atoms with Crippen molar-refractivity contribution in [1.29, 1.82) is 0 Å². The molecule has 3 unspecified atom stereocenters. The average Bonchev–Trinajstić information content (AvgIpc) is 2.78. The molecule has 1 fully saturated rings. The van der Waals surface area contributed by atoms with Gasteiger partial charge in [0.2, 0.25) is 15.9 Å². The summed E-state index contributed by atoms with van der Waals surface area (Å²) in [5.41, 5.74) is 2.87. The molecule has 0 radical (unpaired) electrons. The van der Waals surface area contributed by atoms with E-state index in [4.69, 9.17) is 0 Å². The molecule has 2 rings (SSSR count).